The third kappa shape index (κ3) is 4.15. The van der Waals surface area contributed by atoms with Crippen LogP contribution in [-0.4, -0.2) is 0 Å². The van der Waals surface area contributed by atoms with Crippen molar-refractivity contribution in [3.05, 3.63) is 0 Å². The second kappa shape index (κ2) is 6.45. The van der Waals surface area contributed by atoms with Gasteiger partial charge in [0.2, 0.25) is 0 Å². The molecule has 1 rings (SSSR count). The predicted octanol–water partition coefficient (Wildman–Crippen LogP) is 4.78. The van der Waals surface area contributed by atoms with Gasteiger partial charge in [-0.25, -0.2) is 0 Å². The molecule has 0 aromatic carbocycles. The summed E-state index contributed by atoms with van der Waals surface area (Å²) in [6.07, 6.45) is 13.3. The van der Waals surface area contributed by atoms with Crippen LogP contribution in [0, 0.1) is 11.8 Å². The minimum atomic E-state index is 1.04. The van der Waals surface area contributed by atoms with Crippen LogP contribution < -0.4 is 0 Å². The van der Waals surface area contributed by atoms with E-state index in [0.29, 0.717) is 0 Å². The topological polar surface area (TPSA) is 0 Å². The fourth-order valence-electron chi connectivity index (χ4n) is 2.67. The Kier molecular flexibility index (Phi) is 5.50. The van der Waals surface area contributed by atoms with E-state index in [1.807, 2.05) is 0 Å². The molecule has 78 valence electrons. The van der Waals surface area contributed by atoms with Gasteiger partial charge in [-0.05, 0) is 18.3 Å². The molecule has 2 atom stereocenters. The second-order valence-corrected chi connectivity index (χ2v) is 4.78. The van der Waals surface area contributed by atoms with Crippen molar-refractivity contribution >= 4 is 0 Å². The molecule has 0 aliphatic heterocycles. The lowest BCUT2D eigenvalue weighted by Gasteiger charge is -2.19. The molecule has 13 heavy (non-hydrogen) atoms. The summed E-state index contributed by atoms with van der Waals surface area (Å²) in [7, 11) is 0. The Bertz CT molecular complexity index is 103. The van der Waals surface area contributed by atoms with Crippen molar-refractivity contribution in [2.75, 3.05) is 0 Å². The molecule has 1 aliphatic carbocycles. The summed E-state index contributed by atoms with van der Waals surface area (Å²) in [6, 6.07) is 0. The third-order valence-electron chi connectivity index (χ3n) is 3.80. The number of hydrogen-bond donors (Lipinski definition) is 0. The monoisotopic (exact) mass is 182 g/mol. The molecule has 0 radical (unpaired) electrons. The van der Waals surface area contributed by atoms with Gasteiger partial charge in [0.05, 0.1) is 0 Å². The van der Waals surface area contributed by atoms with Crippen molar-refractivity contribution in [3.8, 4) is 0 Å². The van der Waals surface area contributed by atoms with E-state index < -0.39 is 0 Å². The Morgan fingerprint density at radius 3 is 1.62 bits per heavy atom. The van der Waals surface area contributed by atoms with E-state index in [-0.39, 0.29) is 0 Å². The summed E-state index contributed by atoms with van der Waals surface area (Å²) in [5, 5.41) is 0. The Balaban J connectivity index is 2.37. The average Bonchev–Trinajstić information content (AvgIpc) is 2.28. The van der Waals surface area contributed by atoms with E-state index in [9.17, 15) is 0 Å². The highest BCUT2D eigenvalue weighted by Crippen LogP contribution is 2.29. The molecule has 1 saturated carbocycles. The highest BCUT2D eigenvalue weighted by atomic mass is 14.2. The summed E-state index contributed by atoms with van der Waals surface area (Å²) in [6.45, 7) is 4.74. The van der Waals surface area contributed by atoms with Crippen molar-refractivity contribution in [2.24, 2.45) is 11.8 Å². The summed E-state index contributed by atoms with van der Waals surface area (Å²) in [4.78, 5) is 0. The summed E-state index contributed by atoms with van der Waals surface area (Å²) in [5.74, 6) is 2.09. The molecule has 1 aliphatic rings. The maximum Gasteiger partial charge on any atom is -0.0414 e. The van der Waals surface area contributed by atoms with Gasteiger partial charge in [0, 0.05) is 0 Å². The Morgan fingerprint density at radius 2 is 1.23 bits per heavy atom. The van der Waals surface area contributed by atoms with Crippen LogP contribution in [-0.2, 0) is 0 Å². The van der Waals surface area contributed by atoms with Gasteiger partial charge in [-0.2, -0.15) is 0 Å². The van der Waals surface area contributed by atoms with Gasteiger partial charge in [0.25, 0.3) is 0 Å². The predicted molar refractivity (Wildman–Crippen MR) is 59.9 cm³/mol. The van der Waals surface area contributed by atoms with Crippen LogP contribution in [0.25, 0.3) is 0 Å². The van der Waals surface area contributed by atoms with Crippen LogP contribution >= 0.6 is 0 Å². The van der Waals surface area contributed by atoms with E-state index in [1.54, 1.807) is 0 Å². The van der Waals surface area contributed by atoms with Gasteiger partial charge < -0.3 is 0 Å². The van der Waals surface area contributed by atoms with Crippen LogP contribution in [0.1, 0.15) is 71.6 Å². The largest absolute Gasteiger partial charge is 0.0651 e. The Hall–Kier alpha value is 0. The van der Waals surface area contributed by atoms with Gasteiger partial charge in [-0.1, -0.05) is 65.2 Å². The van der Waals surface area contributed by atoms with Crippen LogP contribution in [0.4, 0.5) is 0 Å². The van der Waals surface area contributed by atoms with Gasteiger partial charge in [-0.15, -0.1) is 0 Å². The first-order chi connectivity index (χ1) is 6.36. The lowest BCUT2D eigenvalue weighted by atomic mass is 9.86. The lowest BCUT2D eigenvalue weighted by Crippen LogP contribution is -2.07. The molecule has 0 aromatic rings. The summed E-state index contributed by atoms with van der Waals surface area (Å²) in [5.41, 5.74) is 0. The van der Waals surface area contributed by atoms with E-state index in [4.69, 9.17) is 0 Å². The molecule has 0 heteroatoms. The van der Waals surface area contributed by atoms with Crippen molar-refractivity contribution in [2.45, 2.75) is 71.6 Å². The SMILES string of the molecule is CCC1CCCCCCC(CC)C1. The normalized spacial score (nSPS) is 31.8. The van der Waals surface area contributed by atoms with Crippen LogP contribution in [0.5, 0.6) is 0 Å². The summed E-state index contributed by atoms with van der Waals surface area (Å²) < 4.78 is 0. The molecular formula is C13H26. The average molecular weight is 182 g/mol. The third-order valence-corrected chi connectivity index (χ3v) is 3.80. The van der Waals surface area contributed by atoms with Gasteiger partial charge >= 0.3 is 0 Å². The highest BCUT2D eigenvalue weighted by molar-refractivity contribution is 4.67. The molecule has 0 N–H and O–H groups in total. The van der Waals surface area contributed by atoms with Gasteiger partial charge in [-0.3, -0.25) is 0 Å². The molecule has 2 unspecified atom stereocenters. The minimum absolute atomic E-state index is 1.04. The van der Waals surface area contributed by atoms with Gasteiger partial charge in [0.15, 0.2) is 0 Å². The van der Waals surface area contributed by atoms with Crippen molar-refractivity contribution in [3.63, 3.8) is 0 Å². The first kappa shape index (κ1) is 11.1. The maximum absolute atomic E-state index is 2.37. The minimum Gasteiger partial charge on any atom is -0.0651 e. The molecule has 0 spiro atoms. The number of rotatable bonds is 2. The number of hydrogen-bond acceptors (Lipinski definition) is 0. The quantitative estimate of drug-likeness (QED) is 0.576. The smallest absolute Gasteiger partial charge is 0.0414 e. The maximum atomic E-state index is 2.37. The molecule has 0 aromatic heterocycles. The van der Waals surface area contributed by atoms with E-state index in [0.717, 1.165) is 11.8 Å². The molecule has 0 bridgehead atoms. The fraction of sp³-hybridized carbons (Fsp3) is 1.00. The van der Waals surface area contributed by atoms with Crippen molar-refractivity contribution in [1.29, 1.82) is 0 Å². The lowest BCUT2D eigenvalue weighted by molar-refractivity contribution is 0.326. The van der Waals surface area contributed by atoms with E-state index in [2.05, 4.69) is 13.8 Å². The zero-order valence-corrected chi connectivity index (χ0v) is 9.52. The van der Waals surface area contributed by atoms with E-state index >= 15 is 0 Å². The standard InChI is InChI=1S/C13H26/c1-3-12-9-7-5-6-8-10-13(4-2)11-12/h12-13H,3-11H2,1-2H3. The molecule has 0 nitrogen and oxygen atoms in total. The van der Waals surface area contributed by atoms with E-state index in [1.165, 1.54) is 57.8 Å². The van der Waals surface area contributed by atoms with Crippen LogP contribution in [0.2, 0.25) is 0 Å². The fourth-order valence-corrected chi connectivity index (χ4v) is 2.67. The van der Waals surface area contributed by atoms with Crippen molar-refractivity contribution < 1.29 is 0 Å². The zero-order valence-electron chi connectivity index (χ0n) is 9.52. The second-order valence-electron chi connectivity index (χ2n) is 4.78. The Labute approximate surface area is 84.1 Å². The van der Waals surface area contributed by atoms with Crippen LogP contribution in [0.3, 0.4) is 0 Å². The summed E-state index contributed by atoms with van der Waals surface area (Å²) >= 11 is 0. The Morgan fingerprint density at radius 1 is 0.769 bits per heavy atom. The first-order valence-corrected chi connectivity index (χ1v) is 6.36. The van der Waals surface area contributed by atoms with Crippen LogP contribution in [0.15, 0.2) is 0 Å². The zero-order chi connectivity index (χ0) is 9.52. The first-order valence-electron chi connectivity index (χ1n) is 6.36. The highest BCUT2D eigenvalue weighted by Gasteiger charge is 2.15. The molecule has 0 heterocycles. The molecule has 1 fully saturated rings. The van der Waals surface area contributed by atoms with Crippen molar-refractivity contribution in [1.82, 2.24) is 0 Å². The molecular weight excluding hydrogens is 156 g/mol. The molecule has 0 amide bonds. The van der Waals surface area contributed by atoms with Gasteiger partial charge in [0.1, 0.15) is 0 Å². The molecule has 0 saturated heterocycles.